The van der Waals surface area contributed by atoms with Gasteiger partial charge in [-0.25, -0.2) is 0 Å². The van der Waals surface area contributed by atoms with Crippen molar-refractivity contribution in [2.24, 2.45) is 28.6 Å². The minimum absolute atomic E-state index is 0.190. The Bertz CT molecular complexity index is 1440. The van der Waals surface area contributed by atoms with Crippen molar-refractivity contribution in [2.45, 2.75) is 101 Å². The first-order valence-electron chi connectivity index (χ1n) is 15.8. The fraction of sp³-hybridized carbons (Fsp3) is 0.588. The predicted octanol–water partition coefficient (Wildman–Crippen LogP) is 6.26. The Kier molecular flexibility index (Phi) is 7.22. The third-order valence-corrected chi connectivity index (χ3v) is 11.9. The quantitative estimate of drug-likeness (QED) is 0.205. The van der Waals surface area contributed by atoms with Crippen molar-refractivity contribution in [3.63, 3.8) is 0 Å². The van der Waals surface area contributed by atoms with E-state index in [4.69, 9.17) is 9.15 Å². The predicted molar refractivity (Wildman–Crippen MR) is 160 cm³/mol. The van der Waals surface area contributed by atoms with Crippen molar-refractivity contribution >= 4 is 35.5 Å². The van der Waals surface area contributed by atoms with Gasteiger partial charge in [-0.15, -0.1) is 11.8 Å². The molecule has 1 N–H and O–H groups in total. The summed E-state index contributed by atoms with van der Waals surface area (Å²) < 4.78 is 11.6. The number of piperidine rings is 1. The van der Waals surface area contributed by atoms with E-state index in [2.05, 4.69) is 5.32 Å². The molecule has 228 valence electrons. The number of furan rings is 1. The minimum atomic E-state index is -0.644. The number of carbonyl (C=O) groups excluding carboxylic acids is 4. The Morgan fingerprint density at radius 3 is 2.49 bits per heavy atom. The van der Waals surface area contributed by atoms with Crippen LogP contribution < -0.4 is 10.1 Å². The molecule has 4 bridgehead atoms. The van der Waals surface area contributed by atoms with E-state index < -0.39 is 17.4 Å². The van der Waals surface area contributed by atoms with Crippen LogP contribution in [-0.4, -0.2) is 34.6 Å². The lowest BCUT2D eigenvalue weighted by Gasteiger charge is -2.57. The highest BCUT2D eigenvalue weighted by molar-refractivity contribution is 7.98. The molecule has 1 unspecified atom stereocenters. The van der Waals surface area contributed by atoms with Crippen molar-refractivity contribution in [3.8, 4) is 5.95 Å². The Hall–Kier alpha value is -3.07. The highest BCUT2D eigenvalue weighted by atomic mass is 32.2. The summed E-state index contributed by atoms with van der Waals surface area (Å²) in [7, 11) is 0. The van der Waals surface area contributed by atoms with E-state index in [-0.39, 0.29) is 30.2 Å². The van der Waals surface area contributed by atoms with Crippen molar-refractivity contribution in [3.05, 3.63) is 47.2 Å². The second kappa shape index (κ2) is 10.8. The maximum absolute atomic E-state index is 13.2. The Morgan fingerprint density at radius 1 is 1.07 bits per heavy atom. The summed E-state index contributed by atoms with van der Waals surface area (Å²) in [4.78, 5) is 52.8. The molecule has 2 aliphatic heterocycles. The van der Waals surface area contributed by atoms with Crippen molar-refractivity contribution < 1.29 is 28.3 Å². The van der Waals surface area contributed by atoms with E-state index in [0.29, 0.717) is 35.5 Å². The number of hydrogen-bond donors (Lipinski definition) is 1. The van der Waals surface area contributed by atoms with Gasteiger partial charge < -0.3 is 14.1 Å². The molecule has 4 aliphatic carbocycles. The molecular formula is C34H40N2O6S. The molecule has 0 radical (unpaired) electrons. The van der Waals surface area contributed by atoms with Gasteiger partial charge in [0, 0.05) is 29.5 Å². The van der Waals surface area contributed by atoms with E-state index in [1.165, 1.54) is 50.3 Å². The maximum Gasteiger partial charge on any atom is 0.319 e. The molecule has 3 heterocycles. The van der Waals surface area contributed by atoms with Crippen molar-refractivity contribution in [1.82, 2.24) is 10.2 Å². The van der Waals surface area contributed by atoms with Crippen molar-refractivity contribution in [2.75, 3.05) is 0 Å². The third-order valence-electron chi connectivity index (χ3n) is 10.7. The number of amides is 3. The van der Waals surface area contributed by atoms with Crippen LogP contribution in [0.5, 0.6) is 5.95 Å². The SMILES string of the molecule is CC(C)(CCC12CC3CC(CC(C3)C1)C2)C(=O)Oc1ccc(CSc2cccc3c2CN(C2CCC(=O)NC2=O)C3=O)o1. The van der Waals surface area contributed by atoms with Crippen LogP contribution in [0.15, 0.2) is 39.6 Å². The zero-order chi connectivity index (χ0) is 29.9. The van der Waals surface area contributed by atoms with Gasteiger partial charge in [0.2, 0.25) is 11.8 Å². The van der Waals surface area contributed by atoms with Crippen LogP contribution in [0.4, 0.5) is 0 Å². The monoisotopic (exact) mass is 604 g/mol. The van der Waals surface area contributed by atoms with E-state index >= 15 is 0 Å². The lowest BCUT2D eigenvalue weighted by atomic mass is 9.48. The molecule has 8 nitrogen and oxygen atoms in total. The molecule has 3 amide bonds. The number of fused-ring (bicyclic) bond motifs is 1. The van der Waals surface area contributed by atoms with Crippen LogP contribution in [0.3, 0.4) is 0 Å². The van der Waals surface area contributed by atoms with Crippen molar-refractivity contribution in [1.29, 1.82) is 0 Å². The molecule has 2 aromatic rings. The largest absolute Gasteiger partial charge is 0.430 e. The van der Waals surface area contributed by atoms with Gasteiger partial charge in [0.15, 0.2) is 0 Å². The second-order valence-corrected chi connectivity index (χ2v) is 15.4. The smallest absolute Gasteiger partial charge is 0.319 e. The Morgan fingerprint density at radius 2 is 1.79 bits per heavy atom. The first-order valence-corrected chi connectivity index (χ1v) is 16.8. The normalized spacial score (nSPS) is 29.6. The number of hydrogen-bond acceptors (Lipinski definition) is 7. The van der Waals surface area contributed by atoms with Gasteiger partial charge in [-0.05, 0) is 119 Å². The molecule has 1 saturated heterocycles. The van der Waals surface area contributed by atoms with Gasteiger partial charge in [0.1, 0.15) is 11.8 Å². The van der Waals surface area contributed by atoms with E-state index in [1.807, 2.05) is 32.0 Å². The fourth-order valence-corrected chi connectivity index (χ4v) is 9.81. The zero-order valence-corrected chi connectivity index (χ0v) is 25.8. The number of esters is 1. The van der Waals surface area contributed by atoms with Crippen LogP contribution in [0.2, 0.25) is 0 Å². The van der Waals surface area contributed by atoms with Gasteiger partial charge >= 0.3 is 5.97 Å². The molecule has 0 spiro atoms. The highest BCUT2D eigenvalue weighted by Gasteiger charge is 2.51. The number of nitrogens with one attached hydrogen (secondary N) is 1. The minimum Gasteiger partial charge on any atom is -0.430 e. The number of thioether (sulfide) groups is 1. The summed E-state index contributed by atoms with van der Waals surface area (Å²) in [5, 5.41) is 2.35. The van der Waals surface area contributed by atoms with Crippen LogP contribution >= 0.6 is 11.8 Å². The topological polar surface area (TPSA) is 106 Å². The maximum atomic E-state index is 13.2. The molecule has 5 fully saturated rings. The molecule has 6 aliphatic rings. The summed E-state index contributed by atoms with van der Waals surface area (Å²) in [6, 6.07) is 8.46. The molecule has 1 aromatic carbocycles. The van der Waals surface area contributed by atoms with Gasteiger partial charge in [0.25, 0.3) is 11.9 Å². The van der Waals surface area contributed by atoms with Gasteiger partial charge in [-0.3, -0.25) is 24.5 Å². The molecule has 8 rings (SSSR count). The molecule has 1 aromatic heterocycles. The Labute approximate surface area is 256 Å². The molecule has 4 saturated carbocycles. The lowest BCUT2D eigenvalue weighted by Crippen LogP contribution is -2.52. The van der Waals surface area contributed by atoms with E-state index in [1.54, 1.807) is 17.0 Å². The zero-order valence-electron chi connectivity index (χ0n) is 25.0. The van der Waals surface area contributed by atoms with Crippen LogP contribution in [0, 0.1) is 28.6 Å². The number of benzene rings is 1. The number of ether oxygens (including phenoxy) is 1. The number of imide groups is 1. The van der Waals surface area contributed by atoms with Crippen LogP contribution in [0.1, 0.15) is 99.7 Å². The lowest BCUT2D eigenvalue weighted by molar-refractivity contribution is -0.146. The Balaban J connectivity index is 0.944. The molecule has 1 atom stereocenters. The number of carbonyl (C=O) groups is 4. The van der Waals surface area contributed by atoms with Crippen LogP contribution in [0.25, 0.3) is 0 Å². The van der Waals surface area contributed by atoms with E-state index in [0.717, 1.165) is 41.1 Å². The molecule has 43 heavy (non-hydrogen) atoms. The first-order chi connectivity index (χ1) is 20.6. The van der Waals surface area contributed by atoms with Gasteiger partial charge in [0.05, 0.1) is 11.2 Å². The average Bonchev–Trinajstić information content (AvgIpc) is 3.54. The highest BCUT2D eigenvalue weighted by Crippen LogP contribution is 2.62. The summed E-state index contributed by atoms with van der Waals surface area (Å²) >= 11 is 1.54. The van der Waals surface area contributed by atoms with Gasteiger partial charge in [-0.1, -0.05) is 6.07 Å². The fourth-order valence-electron chi connectivity index (χ4n) is 8.84. The number of rotatable bonds is 9. The molecular weight excluding hydrogens is 564 g/mol. The molecule has 9 heteroatoms. The summed E-state index contributed by atoms with van der Waals surface area (Å²) in [6.45, 7) is 4.30. The third kappa shape index (κ3) is 5.54. The summed E-state index contributed by atoms with van der Waals surface area (Å²) in [6.07, 6.45) is 10.8. The van der Waals surface area contributed by atoms with Gasteiger partial charge in [-0.2, -0.15) is 0 Å². The van der Waals surface area contributed by atoms with E-state index in [9.17, 15) is 19.2 Å². The summed E-state index contributed by atoms with van der Waals surface area (Å²) in [5.74, 6) is 2.93. The number of nitrogens with zero attached hydrogens (tertiary/aromatic N) is 1. The summed E-state index contributed by atoms with van der Waals surface area (Å²) in [5.41, 5.74) is 1.31. The second-order valence-electron chi connectivity index (χ2n) is 14.4. The first kappa shape index (κ1) is 28.7. The average molecular weight is 605 g/mol. The van der Waals surface area contributed by atoms with Crippen LogP contribution in [-0.2, 0) is 26.7 Å². The standard InChI is InChI=1S/C34H40N2O6S/c1-33(2,10-11-34-15-20-12-21(16-34)14-22(13-20)17-34)32(40)42-29-9-6-23(41-29)19-43-27-5-3-4-24-25(27)18-36(31(24)39)26-7-8-28(37)35-30(26)38/h3-6,9,20-22,26H,7-8,10-19H2,1-2H3,(H,35,37,38).